The number of hydrogen-bond donors (Lipinski definition) is 1. The Labute approximate surface area is 115 Å². The summed E-state index contributed by atoms with van der Waals surface area (Å²) in [6.07, 6.45) is 2.96. The minimum Gasteiger partial charge on any atom is -0.367 e. The van der Waals surface area contributed by atoms with Crippen LogP contribution < -0.4 is 10.6 Å². The van der Waals surface area contributed by atoms with E-state index in [-0.39, 0.29) is 5.82 Å². The van der Waals surface area contributed by atoms with Crippen LogP contribution in [0.1, 0.15) is 18.4 Å². The molecule has 4 heteroatoms. The van der Waals surface area contributed by atoms with Gasteiger partial charge in [-0.1, -0.05) is 6.07 Å². The molecule has 0 bridgehead atoms. The third kappa shape index (κ3) is 3.25. The lowest BCUT2D eigenvalue weighted by atomic mass is 10.1. The first-order chi connectivity index (χ1) is 9.13. The molecule has 2 N–H and O–H groups in total. The molecule has 1 aliphatic heterocycles. The van der Waals surface area contributed by atoms with Gasteiger partial charge < -0.3 is 15.5 Å². The predicted octanol–water partition coefficient (Wildman–Crippen LogP) is 1.86. The van der Waals surface area contributed by atoms with Crippen molar-refractivity contribution in [3.8, 4) is 0 Å². The number of nitrogens with zero attached hydrogens (tertiary/aromatic N) is 2. The molecule has 0 spiro atoms. The van der Waals surface area contributed by atoms with Crippen LogP contribution in [0.4, 0.5) is 10.1 Å². The van der Waals surface area contributed by atoms with Crippen molar-refractivity contribution in [2.75, 3.05) is 38.6 Å². The molecule has 19 heavy (non-hydrogen) atoms. The minimum absolute atomic E-state index is 0.126. The van der Waals surface area contributed by atoms with Crippen molar-refractivity contribution in [1.29, 1.82) is 0 Å². The van der Waals surface area contributed by atoms with Gasteiger partial charge in [0.05, 0.1) is 0 Å². The molecule has 2 rings (SSSR count). The van der Waals surface area contributed by atoms with E-state index in [0.29, 0.717) is 19.0 Å². The highest BCUT2D eigenvalue weighted by Crippen LogP contribution is 2.30. The Balaban J connectivity index is 2.27. The van der Waals surface area contributed by atoms with Gasteiger partial charge >= 0.3 is 0 Å². The highest BCUT2D eigenvalue weighted by atomic mass is 19.1. The number of hydrogen-bond acceptors (Lipinski definition) is 3. The highest BCUT2D eigenvalue weighted by Gasteiger charge is 2.27. The molecule has 0 aliphatic carbocycles. The molecule has 1 aliphatic rings. The van der Waals surface area contributed by atoms with E-state index in [4.69, 9.17) is 5.73 Å². The van der Waals surface area contributed by atoms with Gasteiger partial charge in [0.2, 0.25) is 0 Å². The lowest BCUT2D eigenvalue weighted by molar-refractivity contribution is 0.372. The summed E-state index contributed by atoms with van der Waals surface area (Å²) in [5, 5.41) is 0. The number of anilines is 1. The molecule has 1 atom stereocenters. The van der Waals surface area contributed by atoms with Gasteiger partial charge in [-0.15, -0.1) is 0 Å². The Morgan fingerprint density at radius 2 is 2.21 bits per heavy atom. The smallest absolute Gasteiger partial charge is 0.128 e. The topological polar surface area (TPSA) is 32.5 Å². The van der Waals surface area contributed by atoms with Crippen molar-refractivity contribution in [1.82, 2.24) is 4.90 Å². The number of rotatable bonds is 5. The van der Waals surface area contributed by atoms with Crippen molar-refractivity contribution in [2.24, 2.45) is 5.73 Å². The fourth-order valence-electron chi connectivity index (χ4n) is 2.97. The molecule has 1 heterocycles. The van der Waals surface area contributed by atoms with Gasteiger partial charge in [-0.05, 0) is 52.0 Å². The summed E-state index contributed by atoms with van der Waals surface area (Å²) >= 11 is 0. The summed E-state index contributed by atoms with van der Waals surface area (Å²) in [6.45, 7) is 2.51. The monoisotopic (exact) mass is 265 g/mol. The van der Waals surface area contributed by atoms with Crippen molar-refractivity contribution < 1.29 is 4.39 Å². The van der Waals surface area contributed by atoms with Crippen LogP contribution in [0.2, 0.25) is 0 Å². The number of benzene rings is 1. The Morgan fingerprint density at radius 1 is 1.42 bits per heavy atom. The first kappa shape index (κ1) is 14.3. The Bertz CT molecular complexity index is 420. The zero-order valence-corrected chi connectivity index (χ0v) is 11.9. The van der Waals surface area contributed by atoms with E-state index in [9.17, 15) is 4.39 Å². The van der Waals surface area contributed by atoms with E-state index in [0.717, 1.165) is 24.3 Å². The molecule has 0 aromatic heterocycles. The van der Waals surface area contributed by atoms with Crippen LogP contribution in [0.3, 0.4) is 0 Å². The van der Waals surface area contributed by atoms with E-state index in [1.54, 1.807) is 6.07 Å². The average Bonchev–Trinajstić information content (AvgIpc) is 2.79. The minimum atomic E-state index is -0.126. The van der Waals surface area contributed by atoms with E-state index in [1.807, 2.05) is 6.07 Å². The van der Waals surface area contributed by atoms with Crippen molar-refractivity contribution >= 4 is 5.69 Å². The summed E-state index contributed by atoms with van der Waals surface area (Å²) in [4.78, 5) is 4.55. The standard InChI is InChI=1S/C15H24FN3/c1-18(2)11-12-5-4-10-19(12)15-7-3-6-14(16)13(15)8-9-17/h3,6-7,12H,4-5,8-11,17H2,1-2H3. The van der Waals surface area contributed by atoms with Gasteiger partial charge in [0.1, 0.15) is 5.82 Å². The second-order valence-electron chi connectivity index (χ2n) is 5.53. The fourth-order valence-corrected chi connectivity index (χ4v) is 2.97. The first-order valence-electron chi connectivity index (χ1n) is 7.02. The maximum Gasteiger partial charge on any atom is 0.128 e. The molecule has 1 aromatic carbocycles. The Morgan fingerprint density at radius 3 is 2.89 bits per heavy atom. The van der Waals surface area contributed by atoms with E-state index < -0.39 is 0 Å². The van der Waals surface area contributed by atoms with Gasteiger partial charge in [-0.2, -0.15) is 0 Å². The van der Waals surface area contributed by atoms with Crippen LogP contribution in [0.15, 0.2) is 18.2 Å². The summed E-state index contributed by atoms with van der Waals surface area (Å²) in [7, 11) is 4.17. The molecule has 106 valence electrons. The van der Waals surface area contributed by atoms with Crippen LogP contribution in [-0.4, -0.2) is 44.7 Å². The Hall–Kier alpha value is -1.13. The van der Waals surface area contributed by atoms with Crippen LogP contribution in [-0.2, 0) is 6.42 Å². The molecule has 0 amide bonds. The van der Waals surface area contributed by atoms with Gasteiger partial charge in [-0.3, -0.25) is 0 Å². The quantitative estimate of drug-likeness (QED) is 0.882. The third-order valence-corrected chi connectivity index (χ3v) is 3.75. The number of halogens is 1. The van der Waals surface area contributed by atoms with Crippen LogP contribution in [0, 0.1) is 5.82 Å². The van der Waals surface area contributed by atoms with Crippen molar-refractivity contribution in [3.63, 3.8) is 0 Å². The van der Waals surface area contributed by atoms with Gasteiger partial charge in [-0.25, -0.2) is 4.39 Å². The Kier molecular flexibility index (Phi) is 4.77. The maximum absolute atomic E-state index is 14.0. The zero-order valence-electron chi connectivity index (χ0n) is 11.9. The largest absolute Gasteiger partial charge is 0.367 e. The zero-order chi connectivity index (χ0) is 13.8. The fraction of sp³-hybridized carbons (Fsp3) is 0.600. The van der Waals surface area contributed by atoms with Crippen molar-refractivity contribution in [3.05, 3.63) is 29.6 Å². The predicted molar refractivity (Wildman–Crippen MR) is 78.1 cm³/mol. The molecule has 1 aromatic rings. The number of likely N-dealkylation sites (N-methyl/N-ethyl adjacent to an activating group) is 1. The molecule has 0 saturated carbocycles. The summed E-state index contributed by atoms with van der Waals surface area (Å²) in [5.41, 5.74) is 7.43. The highest BCUT2D eigenvalue weighted by molar-refractivity contribution is 5.56. The van der Waals surface area contributed by atoms with Crippen LogP contribution >= 0.6 is 0 Å². The third-order valence-electron chi connectivity index (χ3n) is 3.75. The first-order valence-corrected chi connectivity index (χ1v) is 7.02. The number of nitrogens with two attached hydrogens (primary N) is 1. The molecular formula is C15H24FN3. The average molecular weight is 265 g/mol. The maximum atomic E-state index is 14.0. The van der Waals surface area contributed by atoms with E-state index in [2.05, 4.69) is 23.9 Å². The van der Waals surface area contributed by atoms with Crippen LogP contribution in [0.5, 0.6) is 0 Å². The summed E-state index contributed by atoms with van der Waals surface area (Å²) in [6, 6.07) is 5.84. The normalized spacial score (nSPS) is 19.4. The molecule has 1 fully saturated rings. The van der Waals surface area contributed by atoms with Crippen LogP contribution in [0.25, 0.3) is 0 Å². The lowest BCUT2D eigenvalue weighted by Crippen LogP contribution is -2.38. The molecule has 1 saturated heterocycles. The molecular weight excluding hydrogens is 241 g/mol. The van der Waals surface area contributed by atoms with Gasteiger partial charge in [0.25, 0.3) is 0 Å². The lowest BCUT2D eigenvalue weighted by Gasteiger charge is -2.31. The SMILES string of the molecule is CN(C)CC1CCCN1c1cccc(F)c1CCN. The van der Waals surface area contributed by atoms with Gasteiger partial charge in [0.15, 0.2) is 0 Å². The van der Waals surface area contributed by atoms with Gasteiger partial charge in [0, 0.05) is 30.4 Å². The molecule has 0 radical (unpaired) electrons. The van der Waals surface area contributed by atoms with E-state index in [1.165, 1.54) is 18.9 Å². The summed E-state index contributed by atoms with van der Waals surface area (Å²) in [5.74, 6) is -0.126. The molecule has 3 nitrogen and oxygen atoms in total. The summed E-state index contributed by atoms with van der Waals surface area (Å²) < 4.78 is 14.0. The van der Waals surface area contributed by atoms with E-state index >= 15 is 0 Å². The second-order valence-corrected chi connectivity index (χ2v) is 5.53. The second kappa shape index (κ2) is 6.35. The van der Waals surface area contributed by atoms with Crippen molar-refractivity contribution in [2.45, 2.75) is 25.3 Å². The molecule has 1 unspecified atom stereocenters.